The Hall–Kier alpha value is -5.62. The Kier molecular flexibility index (Phi) is 12.0. The van der Waals surface area contributed by atoms with Crippen molar-refractivity contribution in [2.24, 2.45) is 0 Å². The molecule has 12 heteroatoms. The fourth-order valence-corrected chi connectivity index (χ4v) is 6.75. The van der Waals surface area contributed by atoms with E-state index in [-0.39, 0.29) is 44.2 Å². The van der Waals surface area contributed by atoms with E-state index in [1.807, 2.05) is 69.2 Å². The van der Waals surface area contributed by atoms with E-state index in [0.29, 0.717) is 37.8 Å². The van der Waals surface area contributed by atoms with E-state index >= 15 is 0 Å². The molecule has 12 nitrogen and oxygen atoms in total. The zero-order valence-electron chi connectivity index (χ0n) is 32.2. The van der Waals surface area contributed by atoms with Crippen LogP contribution < -0.4 is 33.8 Å². The molecular formula is C42H50N4O8. The molecule has 6 rings (SSSR count). The number of hydrogen-bond donors (Lipinski definition) is 0. The Morgan fingerprint density at radius 2 is 1.15 bits per heavy atom. The number of benzene rings is 4. The van der Waals surface area contributed by atoms with Gasteiger partial charge in [-0.1, -0.05) is 24.3 Å². The molecule has 54 heavy (non-hydrogen) atoms. The third-order valence-electron chi connectivity index (χ3n) is 9.69. The number of rotatable bonds is 7. The SMILES string of the molecule is COC(=O)CN1CCOCCN(CC(=O)OC)c2ccc(C3c4ccc(N(C)C)cc4Oc4cc(N(C)C)ccc43)cc2OCCOc2cc(C)ccc21. The highest BCUT2D eigenvalue weighted by molar-refractivity contribution is 5.78. The van der Waals surface area contributed by atoms with Gasteiger partial charge in [0.15, 0.2) is 0 Å². The Balaban J connectivity index is 1.40. The normalized spacial score (nSPS) is 14.6. The van der Waals surface area contributed by atoms with Crippen molar-refractivity contribution in [2.45, 2.75) is 12.8 Å². The van der Waals surface area contributed by atoms with Gasteiger partial charge in [0.2, 0.25) is 0 Å². The van der Waals surface area contributed by atoms with Gasteiger partial charge in [0.25, 0.3) is 0 Å². The van der Waals surface area contributed by atoms with Gasteiger partial charge in [0, 0.05) is 81.8 Å². The van der Waals surface area contributed by atoms with Gasteiger partial charge in [0.05, 0.1) is 38.8 Å². The monoisotopic (exact) mass is 738 g/mol. The van der Waals surface area contributed by atoms with E-state index in [2.05, 4.69) is 58.3 Å². The zero-order chi connectivity index (χ0) is 38.4. The second kappa shape index (κ2) is 17.0. The Morgan fingerprint density at radius 3 is 1.65 bits per heavy atom. The molecule has 0 amide bonds. The van der Waals surface area contributed by atoms with Crippen LogP contribution in [-0.4, -0.2) is 107 Å². The van der Waals surface area contributed by atoms with E-state index in [0.717, 1.165) is 56.5 Å². The van der Waals surface area contributed by atoms with Gasteiger partial charge < -0.3 is 48.0 Å². The summed E-state index contributed by atoms with van der Waals surface area (Å²) in [7, 11) is 10.8. The summed E-state index contributed by atoms with van der Waals surface area (Å²) in [6.07, 6.45) is 0. The molecule has 2 aliphatic heterocycles. The first-order chi connectivity index (χ1) is 26.1. The summed E-state index contributed by atoms with van der Waals surface area (Å²) < 4.78 is 35.7. The molecule has 0 bridgehead atoms. The smallest absolute Gasteiger partial charge is 0.325 e. The first kappa shape index (κ1) is 38.1. The van der Waals surface area contributed by atoms with Crippen LogP contribution in [0.15, 0.2) is 72.8 Å². The average Bonchev–Trinajstić information content (AvgIpc) is 3.17. The number of fused-ring (bicyclic) bond motifs is 4. The van der Waals surface area contributed by atoms with Crippen LogP contribution in [0, 0.1) is 6.92 Å². The van der Waals surface area contributed by atoms with Crippen molar-refractivity contribution in [2.75, 3.05) is 115 Å². The van der Waals surface area contributed by atoms with Crippen molar-refractivity contribution < 1.29 is 38.0 Å². The average molecular weight is 739 g/mol. The molecule has 0 spiro atoms. The summed E-state index contributed by atoms with van der Waals surface area (Å²) in [5.74, 6) is 1.89. The van der Waals surface area contributed by atoms with Gasteiger partial charge in [0.1, 0.15) is 49.3 Å². The number of carbonyl (C=O) groups excluding carboxylic acids is 2. The lowest BCUT2D eigenvalue weighted by Crippen LogP contribution is -2.36. The molecule has 0 atom stereocenters. The third kappa shape index (κ3) is 8.60. The highest BCUT2D eigenvalue weighted by Crippen LogP contribution is 2.50. The fraction of sp³-hybridized carbons (Fsp3) is 0.381. The third-order valence-corrected chi connectivity index (χ3v) is 9.69. The molecule has 0 aliphatic carbocycles. The van der Waals surface area contributed by atoms with Crippen LogP contribution in [0.3, 0.4) is 0 Å². The zero-order valence-corrected chi connectivity index (χ0v) is 32.2. The van der Waals surface area contributed by atoms with E-state index in [1.165, 1.54) is 14.2 Å². The molecule has 0 unspecified atom stereocenters. The summed E-state index contributed by atoms with van der Waals surface area (Å²) in [5.41, 5.74) is 7.65. The standard InChI is InChI=1S/C42H50N4O8/c1-28-8-14-34-38(22-28)52-20-21-53-39-23-29(9-15-35(39)46(27-41(48)50-7)17-19-51-18-16-45(34)26-40(47)49-6)42-32-12-10-30(43(2)3)24-36(32)54-37-25-31(44(4)5)11-13-33(37)42/h8-15,22-25,42H,16-21,26-27H2,1-7H3. The molecule has 2 aliphatic rings. The quantitative estimate of drug-likeness (QED) is 0.187. The van der Waals surface area contributed by atoms with Gasteiger partial charge in [-0.25, -0.2) is 0 Å². The molecule has 0 N–H and O–H groups in total. The van der Waals surface area contributed by atoms with Crippen LogP contribution in [-0.2, 0) is 23.8 Å². The molecule has 286 valence electrons. The molecule has 0 radical (unpaired) electrons. The minimum atomic E-state index is -0.387. The number of carbonyl (C=O) groups is 2. The van der Waals surface area contributed by atoms with Crippen LogP contribution in [0.4, 0.5) is 22.7 Å². The molecule has 0 aromatic heterocycles. The molecular weight excluding hydrogens is 688 g/mol. The number of ether oxygens (including phenoxy) is 6. The van der Waals surface area contributed by atoms with Crippen molar-refractivity contribution in [3.63, 3.8) is 0 Å². The predicted octanol–water partition coefficient (Wildman–Crippen LogP) is 5.86. The number of hydrogen-bond acceptors (Lipinski definition) is 12. The van der Waals surface area contributed by atoms with E-state index < -0.39 is 0 Å². The van der Waals surface area contributed by atoms with Crippen molar-refractivity contribution in [1.29, 1.82) is 0 Å². The molecule has 2 heterocycles. The summed E-state index contributed by atoms with van der Waals surface area (Å²) in [4.78, 5) is 33.1. The first-order valence-electron chi connectivity index (χ1n) is 18.1. The van der Waals surface area contributed by atoms with Crippen LogP contribution in [0.5, 0.6) is 23.0 Å². The Labute approximate surface area is 317 Å². The first-order valence-corrected chi connectivity index (χ1v) is 18.1. The van der Waals surface area contributed by atoms with E-state index in [9.17, 15) is 9.59 Å². The highest BCUT2D eigenvalue weighted by atomic mass is 16.5. The molecule has 0 fully saturated rings. The number of nitrogens with zero attached hydrogens (tertiary/aromatic N) is 4. The summed E-state index contributed by atoms with van der Waals surface area (Å²) in [6, 6.07) is 24.6. The van der Waals surface area contributed by atoms with E-state index in [1.54, 1.807) is 0 Å². The molecule has 4 aromatic carbocycles. The minimum Gasteiger partial charge on any atom is -0.488 e. The van der Waals surface area contributed by atoms with Gasteiger partial charge in [-0.05, 0) is 54.4 Å². The van der Waals surface area contributed by atoms with Crippen molar-refractivity contribution >= 4 is 34.7 Å². The maximum atomic E-state index is 12.7. The summed E-state index contributed by atoms with van der Waals surface area (Å²) in [6.45, 7) is 3.90. The number of anilines is 4. The second-order valence-electron chi connectivity index (χ2n) is 13.8. The number of aryl methyl sites for hydroxylation is 1. The lowest BCUT2D eigenvalue weighted by molar-refractivity contribution is -0.139. The maximum Gasteiger partial charge on any atom is 0.325 e. The highest BCUT2D eigenvalue weighted by Gasteiger charge is 2.31. The van der Waals surface area contributed by atoms with Gasteiger partial charge >= 0.3 is 11.9 Å². The molecule has 0 saturated carbocycles. The van der Waals surface area contributed by atoms with E-state index in [4.69, 9.17) is 28.4 Å². The molecule has 0 saturated heterocycles. The predicted molar refractivity (Wildman–Crippen MR) is 210 cm³/mol. The summed E-state index contributed by atoms with van der Waals surface area (Å²) in [5, 5.41) is 0. The topological polar surface area (TPSA) is 102 Å². The van der Waals surface area contributed by atoms with Gasteiger partial charge in [-0.2, -0.15) is 0 Å². The second-order valence-corrected chi connectivity index (χ2v) is 13.8. The van der Waals surface area contributed by atoms with Crippen LogP contribution in [0.2, 0.25) is 0 Å². The summed E-state index contributed by atoms with van der Waals surface area (Å²) >= 11 is 0. The van der Waals surface area contributed by atoms with Gasteiger partial charge in [-0.15, -0.1) is 0 Å². The van der Waals surface area contributed by atoms with Gasteiger partial charge in [-0.3, -0.25) is 9.59 Å². The Bertz CT molecular complexity index is 1910. The van der Waals surface area contributed by atoms with Crippen molar-refractivity contribution in [1.82, 2.24) is 0 Å². The molecule has 4 aromatic rings. The van der Waals surface area contributed by atoms with Crippen molar-refractivity contribution in [3.05, 3.63) is 95.1 Å². The minimum absolute atomic E-state index is 0.00515. The lowest BCUT2D eigenvalue weighted by Gasteiger charge is -2.32. The van der Waals surface area contributed by atoms with Crippen LogP contribution in [0.1, 0.15) is 28.2 Å². The lowest BCUT2D eigenvalue weighted by atomic mass is 9.82. The fourth-order valence-electron chi connectivity index (χ4n) is 6.75. The van der Waals surface area contributed by atoms with Crippen LogP contribution >= 0.6 is 0 Å². The number of methoxy groups -OCH3 is 2. The Morgan fingerprint density at radius 1 is 0.648 bits per heavy atom. The maximum absolute atomic E-state index is 12.7. The number of esters is 2. The van der Waals surface area contributed by atoms with Crippen molar-refractivity contribution in [3.8, 4) is 23.0 Å². The largest absolute Gasteiger partial charge is 0.488 e. The van der Waals surface area contributed by atoms with Crippen LogP contribution in [0.25, 0.3) is 0 Å².